The quantitative estimate of drug-likeness (QED) is 0.552. The number of carboxylic acid groups (broad SMARTS) is 1. The van der Waals surface area contributed by atoms with Crippen LogP contribution in [0.5, 0.6) is 11.5 Å². The van der Waals surface area contributed by atoms with Gasteiger partial charge in [-0.15, -0.1) is 0 Å². The molecule has 0 radical (unpaired) electrons. The number of H-pyrrole nitrogens is 1. The maximum atomic E-state index is 12.7. The van der Waals surface area contributed by atoms with Gasteiger partial charge in [-0.05, 0) is 49.6 Å². The van der Waals surface area contributed by atoms with Crippen LogP contribution in [0, 0.1) is 20.8 Å². The fourth-order valence-corrected chi connectivity index (χ4v) is 3.10. The molecule has 2 heterocycles. The minimum absolute atomic E-state index is 0.00118. The van der Waals surface area contributed by atoms with E-state index in [-0.39, 0.29) is 17.1 Å². The Morgan fingerprint density at radius 3 is 2.52 bits per heavy atom. The third-order valence-corrected chi connectivity index (χ3v) is 4.66. The van der Waals surface area contributed by atoms with Crippen LogP contribution in [0.25, 0.3) is 16.9 Å². The summed E-state index contributed by atoms with van der Waals surface area (Å²) in [7, 11) is 0. The number of carbonyl (C=O) groups is 1. The average molecular weight is 390 g/mol. The van der Waals surface area contributed by atoms with Crippen molar-refractivity contribution in [2.75, 3.05) is 0 Å². The fraction of sp³-hybridized carbons (Fsp3) is 0.143. The van der Waals surface area contributed by atoms with Crippen molar-refractivity contribution in [3.63, 3.8) is 0 Å². The number of rotatable bonds is 4. The van der Waals surface area contributed by atoms with E-state index < -0.39 is 5.97 Å². The van der Waals surface area contributed by atoms with E-state index in [9.17, 15) is 9.59 Å². The second-order valence-electron chi connectivity index (χ2n) is 6.83. The molecule has 0 amide bonds. The molecule has 29 heavy (non-hydrogen) atoms. The molecule has 2 N–H and O–H groups in total. The van der Waals surface area contributed by atoms with E-state index in [4.69, 9.17) is 9.84 Å². The van der Waals surface area contributed by atoms with Gasteiger partial charge >= 0.3 is 5.97 Å². The number of aromatic carboxylic acids is 1. The van der Waals surface area contributed by atoms with Gasteiger partial charge in [-0.25, -0.2) is 14.5 Å². The molecule has 0 fully saturated rings. The van der Waals surface area contributed by atoms with Gasteiger partial charge in [0.05, 0.1) is 22.7 Å². The number of carboxylic acids is 1. The summed E-state index contributed by atoms with van der Waals surface area (Å²) in [5.74, 6) is 0.359. The SMILES string of the molecule is Cc1cc2nc(-n3cc(C(=O)O)cn3)[nH]c(=O)c2cc1Oc1c(C)cccc1C. The maximum absolute atomic E-state index is 12.7. The van der Waals surface area contributed by atoms with Crippen LogP contribution in [-0.4, -0.2) is 30.8 Å². The van der Waals surface area contributed by atoms with Crippen molar-refractivity contribution < 1.29 is 14.6 Å². The fourth-order valence-electron chi connectivity index (χ4n) is 3.10. The van der Waals surface area contributed by atoms with E-state index in [1.807, 2.05) is 39.0 Å². The Kier molecular flexibility index (Phi) is 4.38. The number of aromatic nitrogens is 4. The maximum Gasteiger partial charge on any atom is 0.338 e. The van der Waals surface area contributed by atoms with Gasteiger partial charge in [0.15, 0.2) is 0 Å². The topological polar surface area (TPSA) is 110 Å². The number of hydrogen-bond donors (Lipinski definition) is 2. The molecule has 2 aromatic carbocycles. The summed E-state index contributed by atoms with van der Waals surface area (Å²) in [4.78, 5) is 30.8. The lowest BCUT2D eigenvalue weighted by Gasteiger charge is -2.14. The molecule has 0 atom stereocenters. The van der Waals surface area contributed by atoms with Gasteiger partial charge in [0, 0.05) is 6.20 Å². The summed E-state index contributed by atoms with van der Waals surface area (Å²) < 4.78 is 7.34. The average Bonchev–Trinajstić information content (AvgIpc) is 3.16. The van der Waals surface area contributed by atoms with E-state index in [2.05, 4.69) is 15.1 Å². The first-order valence-electron chi connectivity index (χ1n) is 8.90. The molecule has 8 heteroatoms. The van der Waals surface area contributed by atoms with Crippen LogP contribution in [0.15, 0.2) is 47.5 Å². The van der Waals surface area contributed by atoms with E-state index in [0.717, 1.165) is 22.4 Å². The summed E-state index contributed by atoms with van der Waals surface area (Å²) in [5.41, 5.74) is 2.91. The van der Waals surface area contributed by atoms with Crippen molar-refractivity contribution in [3.05, 3.63) is 75.3 Å². The second-order valence-corrected chi connectivity index (χ2v) is 6.83. The van der Waals surface area contributed by atoms with Gasteiger partial charge in [-0.3, -0.25) is 9.78 Å². The Morgan fingerprint density at radius 2 is 1.86 bits per heavy atom. The third kappa shape index (κ3) is 3.36. The number of ether oxygens (including phenoxy) is 1. The minimum Gasteiger partial charge on any atom is -0.478 e. The highest BCUT2D eigenvalue weighted by atomic mass is 16.5. The molecule has 0 aliphatic heterocycles. The van der Waals surface area contributed by atoms with Crippen LogP contribution >= 0.6 is 0 Å². The number of hydrogen-bond acceptors (Lipinski definition) is 5. The van der Waals surface area contributed by atoms with Gasteiger partial charge in [-0.1, -0.05) is 18.2 Å². The molecular formula is C21H18N4O4. The van der Waals surface area contributed by atoms with Crippen molar-refractivity contribution in [1.29, 1.82) is 0 Å². The smallest absolute Gasteiger partial charge is 0.338 e. The zero-order valence-electron chi connectivity index (χ0n) is 16.1. The molecule has 0 aliphatic carbocycles. The van der Waals surface area contributed by atoms with Crippen LogP contribution in [0.1, 0.15) is 27.0 Å². The molecule has 0 spiro atoms. The highest BCUT2D eigenvalue weighted by molar-refractivity contribution is 5.87. The third-order valence-electron chi connectivity index (χ3n) is 4.66. The molecule has 8 nitrogen and oxygen atoms in total. The Balaban J connectivity index is 1.79. The number of aryl methyl sites for hydroxylation is 3. The number of nitrogens with zero attached hydrogens (tertiary/aromatic N) is 3. The monoisotopic (exact) mass is 390 g/mol. The lowest BCUT2D eigenvalue weighted by Crippen LogP contribution is -2.14. The minimum atomic E-state index is -1.11. The summed E-state index contributed by atoms with van der Waals surface area (Å²) >= 11 is 0. The van der Waals surface area contributed by atoms with E-state index in [1.165, 1.54) is 17.1 Å². The van der Waals surface area contributed by atoms with Crippen molar-refractivity contribution in [3.8, 4) is 17.4 Å². The summed E-state index contributed by atoms with van der Waals surface area (Å²) in [5, 5.41) is 13.4. The highest BCUT2D eigenvalue weighted by Crippen LogP contribution is 2.32. The van der Waals surface area contributed by atoms with Crippen molar-refractivity contribution in [2.24, 2.45) is 0 Å². The van der Waals surface area contributed by atoms with Gasteiger partial charge in [-0.2, -0.15) is 5.10 Å². The predicted octanol–water partition coefficient (Wildman–Crippen LogP) is 3.52. The summed E-state index contributed by atoms with van der Waals surface area (Å²) in [6, 6.07) is 9.33. The standard InChI is InChI=1S/C21H18N4O4/c1-11-5-4-6-12(2)18(11)29-17-8-15-16(7-13(17)3)23-21(24-19(15)26)25-10-14(9-22-25)20(27)28/h4-10H,1-3H3,(H,27,28)(H,23,24,26). The number of fused-ring (bicyclic) bond motifs is 1. The lowest BCUT2D eigenvalue weighted by atomic mass is 10.1. The second kappa shape index (κ2) is 6.90. The van der Waals surface area contributed by atoms with Crippen molar-refractivity contribution in [1.82, 2.24) is 19.7 Å². The van der Waals surface area contributed by atoms with Gasteiger partial charge in [0.25, 0.3) is 5.56 Å². The zero-order chi connectivity index (χ0) is 20.7. The number of benzene rings is 2. The molecule has 0 unspecified atom stereocenters. The molecule has 0 aliphatic rings. The first kappa shape index (κ1) is 18.4. The Labute approximate surface area is 165 Å². The van der Waals surface area contributed by atoms with E-state index in [1.54, 1.807) is 12.1 Å². The lowest BCUT2D eigenvalue weighted by molar-refractivity contribution is 0.0697. The number of aromatic amines is 1. The van der Waals surface area contributed by atoms with Crippen molar-refractivity contribution in [2.45, 2.75) is 20.8 Å². The van der Waals surface area contributed by atoms with Crippen LogP contribution in [0.4, 0.5) is 0 Å². The predicted molar refractivity (Wildman–Crippen MR) is 107 cm³/mol. The zero-order valence-corrected chi connectivity index (χ0v) is 16.1. The Bertz CT molecular complexity index is 1300. The van der Waals surface area contributed by atoms with Crippen LogP contribution in [0.3, 0.4) is 0 Å². The molecule has 4 aromatic rings. The Morgan fingerprint density at radius 1 is 1.14 bits per heavy atom. The first-order valence-corrected chi connectivity index (χ1v) is 8.90. The van der Waals surface area contributed by atoms with Crippen LogP contribution in [0.2, 0.25) is 0 Å². The molecule has 0 saturated carbocycles. The van der Waals surface area contributed by atoms with Crippen LogP contribution < -0.4 is 10.3 Å². The van der Waals surface area contributed by atoms with Crippen molar-refractivity contribution >= 4 is 16.9 Å². The first-order chi connectivity index (χ1) is 13.8. The molecule has 0 bridgehead atoms. The number of nitrogens with one attached hydrogen (secondary N) is 1. The molecule has 146 valence electrons. The highest BCUT2D eigenvalue weighted by Gasteiger charge is 2.14. The van der Waals surface area contributed by atoms with Crippen LogP contribution in [-0.2, 0) is 0 Å². The summed E-state index contributed by atoms with van der Waals surface area (Å²) in [6.07, 6.45) is 2.48. The largest absolute Gasteiger partial charge is 0.478 e. The normalized spacial score (nSPS) is 11.0. The molecule has 2 aromatic heterocycles. The molecule has 4 rings (SSSR count). The van der Waals surface area contributed by atoms with E-state index >= 15 is 0 Å². The summed E-state index contributed by atoms with van der Waals surface area (Å²) in [6.45, 7) is 5.81. The molecule has 0 saturated heterocycles. The van der Waals surface area contributed by atoms with Gasteiger partial charge < -0.3 is 9.84 Å². The molecular weight excluding hydrogens is 372 g/mol. The van der Waals surface area contributed by atoms with Gasteiger partial charge in [0.2, 0.25) is 5.95 Å². The Hall–Kier alpha value is -3.94. The van der Waals surface area contributed by atoms with E-state index in [0.29, 0.717) is 16.7 Å². The van der Waals surface area contributed by atoms with Gasteiger partial charge in [0.1, 0.15) is 11.5 Å². The number of para-hydroxylation sites is 1.